The fourth-order valence-electron chi connectivity index (χ4n) is 2.82. The van der Waals surface area contributed by atoms with Crippen LogP contribution in [0.3, 0.4) is 0 Å². The average Bonchev–Trinajstić information content (AvgIpc) is 2.98. The number of carbonyl (C=O) groups is 2. The van der Waals surface area contributed by atoms with Crippen LogP contribution in [0.2, 0.25) is 0 Å². The second kappa shape index (κ2) is 7.84. The largest absolute Gasteiger partial charge is 0.383 e. The average molecular weight is 351 g/mol. The van der Waals surface area contributed by atoms with E-state index in [1.165, 1.54) is 6.92 Å². The van der Waals surface area contributed by atoms with Crippen LogP contribution in [0.1, 0.15) is 17.3 Å². The Labute approximate surface area is 151 Å². The Balaban J connectivity index is 1.79. The molecule has 2 aromatic carbocycles. The van der Waals surface area contributed by atoms with E-state index in [1.54, 1.807) is 31.4 Å². The highest BCUT2D eigenvalue weighted by Crippen LogP contribution is 2.26. The fourth-order valence-corrected chi connectivity index (χ4v) is 2.82. The third-order valence-corrected chi connectivity index (χ3v) is 4.10. The third-order valence-electron chi connectivity index (χ3n) is 4.10. The molecule has 0 radical (unpaired) electrons. The van der Waals surface area contributed by atoms with Crippen LogP contribution in [0.25, 0.3) is 10.9 Å². The summed E-state index contributed by atoms with van der Waals surface area (Å²) in [4.78, 5) is 23.9. The van der Waals surface area contributed by atoms with Crippen LogP contribution < -0.4 is 10.6 Å². The molecule has 0 bridgehead atoms. The monoisotopic (exact) mass is 351 g/mol. The zero-order valence-electron chi connectivity index (χ0n) is 14.8. The number of nitrogens with one attached hydrogen (secondary N) is 2. The van der Waals surface area contributed by atoms with E-state index in [4.69, 9.17) is 4.74 Å². The molecule has 1 heterocycles. The van der Waals surface area contributed by atoms with E-state index in [9.17, 15) is 9.59 Å². The summed E-state index contributed by atoms with van der Waals surface area (Å²) in [5.41, 5.74) is 2.87. The van der Waals surface area contributed by atoms with E-state index in [0.717, 1.165) is 16.6 Å². The molecule has 0 aliphatic rings. The van der Waals surface area contributed by atoms with Gasteiger partial charge in [0.05, 0.1) is 17.8 Å². The van der Waals surface area contributed by atoms with E-state index >= 15 is 0 Å². The molecule has 0 atom stereocenters. The van der Waals surface area contributed by atoms with Gasteiger partial charge in [0.1, 0.15) is 0 Å². The number of nitrogens with zero attached hydrogens (tertiary/aromatic N) is 1. The van der Waals surface area contributed by atoms with Gasteiger partial charge in [-0.25, -0.2) is 4.79 Å². The van der Waals surface area contributed by atoms with Crippen molar-refractivity contribution < 1.29 is 14.3 Å². The number of benzene rings is 2. The van der Waals surface area contributed by atoms with Gasteiger partial charge < -0.3 is 19.9 Å². The zero-order valence-corrected chi connectivity index (χ0v) is 14.8. The Bertz CT molecular complexity index is 946. The lowest BCUT2D eigenvalue weighted by Gasteiger charge is -2.07. The molecule has 0 aliphatic carbocycles. The van der Waals surface area contributed by atoms with Crippen LogP contribution in [0.4, 0.5) is 16.2 Å². The Kier molecular flexibility index (Phi) is 5.34. The van der Waals surface area contributed by atoms with Gasteiger partial charge in [0.15, 0.2) is 5.78 Å². The second-order valence-corrected chi connectivity index (χ2v) is 5.96. The molecule has 134 valence electrons. The number of ether oxygens (including phenoxy) is 1. The van der Waals surface area contributed by atoms with Gasteiger partial charge in [-0.1, -0.05) is 30.3 Å². The normalized spacial score (nSPS) is 10.7. The molecule has 3 aromatic rings. The summed E-state index contributed by atoms with van der Waals surface area (Å²) in [5.74, 6) is -0.0460. The minimum atomic E-state index is -0.361. The topological polar surface area (TPSA) is 72.4 Å². The van der Waals surface area contributed by atoms with Gasteiger partial charge in [0.25, 0.3) is 0 Å². The predicted octanol–water partition coefficient (Wildman–Crippen LogP) is 4.13. The van der Waals surface area contributed by atoms with E-state index in [-0.39, 0.29) is 11.8 Å². The molecular weight excluding hydrogens is 330 g/mol. The summed E-state index contributed by atoms with van der Waals surface area (Å²) in [5, 5.41) is 6.60. The number of urea groups is 1. The molecule has 0 fully saturated rings. The first kappa shape index (κ1) is 17.7. The Morgan fingerprint density at radius 1 is 1.08 bits per heavy atom. The molecule has 2 amide bonds. The van der Waals surface area contributed by atoms with Crippen molar-refractivity contribution in [3.63, 3.8) is 0 Å². The number of fused-ring (bicyclic) bond motifs is 1. The van der Waals surface area contributed by atoms with E-state index < -0.39 is 0 Å². The van der Waals surface area contributed by atoms with Gasteiger partial charge in [-0.15, -0.1) is 0 Å². The molecule has 3 rings (SSSR count). The highest BCUT2D eigenvalue weighted by molar-refractivity contribution is 6.06. The van der Waals surface area contributed by atoms with Gasteiger partial charge in [-0.05, 0) is 25.1 Å². The van der Waals surface area contributed by atoms with Crippen molar-refractivity contribution in [2.45, 2.75) is 13.5 Å². The molecule has 26 heavy (non-hydrogen) atoms. The fraction of sp³-hybridized carbons (Fsp3) is 0.200. The molecule has 1 aromatic heterocycles. The predicted molar refractivity (Wildman–Crippen MR) is 103 cm³/mol. The second-order valence-electron chi connectivity index (χ2n) is 5.96. The SMILES string of the molecule is COCCn1cc(NC(=O)Nc2cccc(C(C)=O)c2)c2ccccc21. The van der Waals surface area contributed by atoms with Crippen LogP contribution in [0, 0.1) is 0 Å². The summed E-state index contributed by atoms with van der Waals surface area (Å²) in [6.07, 6.45) is 1.90. The van der Waals surface area contributed by atoms with Gasteiger partial charge in [-0.2, -0.15) is 0 Å². The van der Waals surface area contributed by atoms with Crippen LogP contribution in [0.5, 0.6) is 0 Å². The van der Waals surface area contributed by atoms with Crippen LogP contribution >= 0.6 is 0 Å². The number of carbonyl (C=O) groups excluding carboxylic acids is 2. The first-order valence-corrected chi connectivity index (χ1v) is 8.34. The number of hydrogen-bond donors (Lipinski definition) is 2. The summed E-state index contributed by atoms with van der Waals surface area (Å²) in [6, 6.07) is 14.4. The lowest BCUT2D eigenvalue weighted by molar-refractivity contribution is 0.101. The minimum Gasteiger partial charge on any atom is -0.383 e. The van der Waals surface area contributed by atoms with Crippen molar-refractivity contribution in [3.8, 4) is 0 Å². The van der Waals surface area contributed by atoms with Crippen LogP contribution in [-0.2, 0) is 11.3 Å². The molecule has 0 aliphatic heterocycles. The minimum absolute atomic E-state index is 0.0460. The zero-order chi connectivity index (χ0) is 18.5. The van der Waals surface area contributed by atoms with Crippen molar-refractivity contribution in [1.82, 2.24) is 4.57 Å². The molecule has 6 nitrogen and oxygen atoms in total. The van der Waals surface area contributed by atoms with E-state index in [1.807, 2.05) is 35.0 Å². The molecule has 2 N–H and O–H groups in total. The Morgan fingerprint density at radius 2 is 1.88 bits per heavy atom. The van der Waals surface area contributed by atoms with Crippen molar-refractivity contribution >= 4 is 34.1 Å². The number of anilines is 2. The van der Waals surface area contributed by atoms with Crippen LogP contribution in [0.15, 0.2) is 54.7 Å². The van der Waals surface area contributed by atoms with Crippen molar-refractivity contribution in [2.24, 2.45) is 0 Å². The Hall–Kier alpha value is -3.12. The van der Waals surface area contributed by atoms with Crippen molar-refractivity contribution in [3.05, 3.63) is 60.3 Å². The summed E-state index contributed by atoms with van der Waals surface area (Å²) in [7, 11) is 1.66. The maximum Gasteiger partial charge on any atom is 0.323 e. The third kappa shape index (κ3) is 3.92. The molecule has 6 heteroatoms. The highest BCUT2D eigenvalue weighted by atomic mass is 16.5. The van der Waals surface area contributed by atoms with Crippen molar-refractivity contribution in [2.75, 3.05) is 24.4 Å². The molecule has 0 unspecified atom stereocenters. The van der Waals surface area contributed by atoms with Gasteiger partial charge in [0.2, 0.25) is 0 Å². The van der Waals surface area contributed by atoms with Gasteiger partial charge in [0, 0.05) is 36.5 Å². The molecule has 0 saturated heterocycles. The number of para-hydroxylation sites is 1. The highest BCUT2D eigenvalue weighted by Gasteiger charge is 2.11. The quantitative estimate of drug-likeness (QED) is 0.656. The number of ketones is 1. The summed E-state index contributed by atoms with van der Waals surface area (Å²) in [6.45, 7) is 2.77. The number of amides is 2. The number of aromatic nitrogens is 1. The molecular formula is C20H21N3O3. The standard InChI is InChI=1S/C20H21N3O3/c1-14(24)15-6-5-7-16(12-15)21-20(25)22-18-13-23(10-11-26-2)19-9-4-3-8-17(18)19/h3-9,12-13H,10-11H2,1-2H3,(H2,21,22,25). The first-order valence-electron chi connectivity index (χ1n) is 8.34. The summed E-state index contributed by atoms with van der Waals surface area (Å²) >= 11 is 0. The smallest absolute Gasteiger partial charge is 0.323 e. The van der Waals surface area contributed by atoms with Crippen LogP contribution in [-0.4, -0.2) is 30.1 Å². The molecule has 0 spiro atoms. The van der Waals surface area contributed by atoms with Crippen molar-refractivity contribution in [1.29, 1.82) is 0 Å². The number of rotatable bonds is 6. The number of Topliss-reactive ketones (excluding diaryl/α,β-unsaturated/α-hetero) is 1. The maximum absolute atomic E-state index is 12.4. The van der Waals surface area contributed by atoms with Gasteiger partial charge >= 0.3 is 6.03 Å². The number of hydrogen-bond acceptors (Lipinski definition) is 3. The lowest BCUT2D eigenvalue weighted by atomic mass is 10.1. The summed E-state index contributed by atoms with van der Waals surface area (Å²) < 4.78 is 7.19. The first-order chi connectivity index (χ1) is 12.6. The number of methoxy groups -OCH3 is 1. The molecule has 0 saturated carbocycles. The van der Waals surface area contributed by atoms with Gasteiger partial charge in [-0.3, -0.25) is 4.79 Å². The Morgan fingerprint density at radius 3 is 2.65 bits per heavy atom. The maximum atomic E-state index is 12.4. The van der Waals surface area contributed by atoms with E-state index in [2.05, 4.69) is 10.6 Å². The van der Waals surface area contributed by atoms with E-state index in [0.29, 0.717) is 24.4 Å². The lowest BCUT2D eigenvalue weighted by Crippen LogP contribution is -2.19.